The highest BCUT2D eigenvalue weighted by atomic mass is 32.2. The van der Waals surface area contributed by atoms with Gasteiger partial charge in [0.2, 0.25) is 10.0 Å². The first-order valence-corrected chi connectivity index (χ1v) is 8.73. The lowest BCUT2D eigenvalue weighted by atomic mass is 9.92. The van der Waals surface area contributed by atoms with Gasteiger partial charge in [0.05, 0.1) is 16.7 Å². The Labute approximate surface area is 140 Å². The number of sulfonamides is 1. The number of carbonyl (C=O) groups is 1. The molecule has 0 saturated carbocycles. The van der Waals surface area contributed by atoms with Crippen LogP contribution >= 0.6 is 0 Å². The van der Waals surface area contributed by atoms with E-state index in [-0.39, 0.29) is 4.90 Å². The molecule has 2 aromatic rings. The molecule has 0 unspecified atom stereocenters. The van der Waals surface area contributed by atoms with Crippen molar-refractivity contribution in [3.63, 3.8) is 0 Å². The van der Waals surface area contributed by atoms with Crippen molar-refractivity contribution in [1.82, 2.24) is 0 Å². The van der Waals surface area contributed by atoms with Crippen LogP contribution in [0.25, 0.3) is 5.57 Å². The SMILES string of the molecule is Cc1ccc(C(=C2C=COC2=O)c2ccc(S(N)(=O)=O)cc2)cc1. The molecular formula is C18H15NO4S. The summed E-state index contributed by atoms with van der Waals surface area (Å²) in [5, 5.41) is 5.13. The molecule has 1 aliphatic rings. The smallest absolute Gasteiger partial charge is 0.343 e. The van der Waals surface area contributed by atoms with Crippen molar-refractivity contribution in [2.75, 3.05) is 0 Å². The first kappa shape index (κ1) is 16.2. The Bertz CT molecular complexity index is 953. The van der Waals surface area contributed by atoms with Crippen molar-refractivity contribution in [3.05, 3.63) is 83.1 Å². The number of aryl methyl sites for hydroxylation is 1. The number of hydrogen-bond donors (Lipinski definition) is 1. The lowest BCUT2D eigenvalue weighted by Crippen LogP contribution is -2.12. The summed E-state index contributed by atoms with van der Waals surface area (Å²) in [7, 11) is -3.77. The molecule has 0 atom stereocenters. The minimum atomic E-state index is -3.77. The van der Waals surface area contributed by atoms with E-state index in [0.717, 1.165) is 11.1 Å². The van der Waals surface area contributed by atoms with E-state index in [2.05, 4.69) is 0 Å². The van der Waals surface area contributed by atoms with Gasteiger partial charge in [-0.2, -0.15) is 0 Å². The molecule has 0 aromatic heterocycles. The van der Waals surface area contributed by atoms with Gasteiger partial charge in [-0.25, -0.2) is 18.4 Å². The van der Waals surface area contributed by atoms with Crippen LogP contribution < -0.4 is 5.14 Å². The van der Waals surface area contributed by atoms with Crippen LogP contribution in [-0.4, -0.2) is 14.4 Å². The Morgan fingerprint density at radius 1 is 0.958 bits per heavy atom. The molecule has 1 aliphatic heterocycles. The quantitative estimate of drug-likeness (QED) is 0.686. The Morgan fingerprint density at radius 2 is 1.50 bits per heavy atom. The predicted molar refractivity (Wildman–Crippen MR) is 90.2 cm³/mol. The van der Waals surface area contributed by atoms with Crippen molar-refractivity contribution in [2.45, 2.75) is 11.8 Å². The average Bonchev–Trinajstić information content (AvgIpc) is 2.95. The topological polar surface area (TPSA) is 86.5 Å². The van der Waals surface area contributed by atoms with Crippen LogP contribution in [0.4, 0.5) is 0 Å². The van der Waals surface area contributed by atoms with Gasteiger partial charge in [0.1, 0.15) is 0 Å². The van der Waals surface area contributed by atoms with Gasteiger partial charge >= 0.3 is 5.97 Å². The van der Waals surface area contributed by atoms with E-state index in [0.29, 0.717) is 16.7 Å². The highest BCUT2D eigenvalue weighted by Gasteiger charge is 2.21. The summed E-state index contributed by atoms with van der Waals surface area (Å²) in [4.78, 5) is 12.0. The zero-order valence-corrected chi connectivity index (χ0v) is 13.7. The molecular weight excluding hydrogens is 326 g/mol. The lowest BCUT2D eigenvalue weighted by Gasteiger charge is -2.11. The maximum Gasteiger partial charge on any atom is 0.343 e. The number of esters is 1. The number of primary sulfonamides is 1. The fourth-order valence-corrected chi connectivity index (χ4v) is 3.01. The zero-order valence-electron chi connectivity index (χ0n) is 12.9. The van der Waals surface area contributed by atoms with Gasteiger partial charge in [0.15, 0.2) is 0 Å². The standard InChI is InChI=1S/C18H15NO4S/c1-12-2-4-13(5-3-12)17(16-10-11-23-18(16)20)14-6-8-15(9-7-14)24(19,21)22/h2-11H,1H3,(H2,19,21,22). The number of ether oxygens (including phenoxy) is 1. The van der Waals surface area contributed by atoms with E-state index in [4.69, 9.17) is 9.88 Å². The molecule has 24 heavy (non-hydrogen) atoms. The first-order chi connectivity index (χ1) is 11.4. The van der Waals surface area contributed by atoms with Crippen LogP contribution in [0.5, 0.6) is 0 Å². The van der Waals surface area contributed by atoms with Crippen molar-refractivity contribution in [2.24, 2.45) is 5.14 Å². The van der Waals surface area contributed by atoms with E-state index in [1.54, 1.807) is 18.2 Å². The molecule has 0 spiro atoms. The fourth-order valence-electron chi connectivity index (χ4n) is 2.49. The van der Waals surface area contributed by atoms with Crippen molar-refractivity contribution in [3.8, 4) is 0 Å². The van der Waals surface area contributed by atoms with Crippen LogP contribution in [0.2, 0.25) is 0 Å². The van der Waals surface area contributed by atoms with Gasteiger partial charge in [-0.3, -0.25) is 0 Å². The van der Waals surface area contributed by atoms with Gasteiger partial charge in [-0.05, 0) is 36.3 Å². The zero-order chi connectivity index (χ0) is 17.3. The predicted octanol–water partition coefficient (Wildman–Crippen LogP) is 2.51. The normalized spacial score (nSPS) is 16.2. The van der Waals surface area contributed by atoms with Gasteiger partial charge in [-0.15, -0.1) is 0 Å². The number of rotatable bonds is 3. The summed E-state index contributed by atoms with van der Waals surface area (Å²) in [5.74, 6) is -0.443. The second kappa shape index (κ2) is 6.07. The second-order valence-corrected chi connectivity index (χ2v) is 6.99. The van der Waals surface area contributed by atoms with Crippen LogP contribution in [0.1, 0.15) is 16.7 Å². The van der Waals surface area contributed by atoms with Gasteiger partial charge < -0.3 is 4.74 Å². The summed E-state index contributed by atoms with van der Waals surface area (Å²) in [5.41, 5.74) is 3.72. The third-order valence-corrected chi connectivity index (χ3v) is 4.64. The van der Waals surface area contributed by atoms with Gasteiger partial charge in [0, 0.05) is 5.57 Å². The minimum Gasteiger partial charge on any atom is -0.431 e. The molecule has 6 heteroatoms. The maximum atomic E-state index is 12.0. The highest BCUT2D eigenvalue weighted by Crippen LogP contribution is 2.31. The number of cyclic esters (lactones) is 1. The second-order valence-electron chi connectivity index (χ2n) is 5.43. The van der Waals surface area contributed by atoms with Gasteiger partial charge in [-0.1, -0.05) is 42.0 Å². The Morgan fingerprint density at radius 3 is 1.96 bits per heavy atom. The summed E-state index contributed by atoms with van der Waals surface area (Å²) in [6.45, 7) is 1.97. The molecule has 1 heterocycles. The summed E-state index contributed by atoms with van der Waals surface area (Å²) in [6, 6.07) is 13.8. The summed E-state index contributed by atoms with van der Waals surface area (Å²) < 4.78 is 27.7. The van der Waals surface area contributed by atoms with Gasteiger partial charge in [0.25, 0.3) is 0 Å². The van der Waals surface area contributed by atoms with Crippen LogP contribution in [0.15, 0.2) is 71.3 Å². The fraction of sp³-hybridized carbons (Fsp3) is 0.0556. The molecule has 2 N–H and O–H groups in total. The largest absolute Gasteiger partial charge is 0.431 e. The van der Waals surface area contributed by atoms with Crippen molar-refractivity contribution in [1.29, 1.82) is 0 Å². The molecule has 0 saturated heterocycles. The van der Waals surface area contributed by atoms with E-state index in [9.17, 15) is 13.2 Å². The van der Waals surface area contributed by atoms with Crippen LogP contribution in [-0.2, 0) is 19.6 Å². The molecule has 0 radical (unpaired) electrons. The lowest BCUT2D eigenvalue weighted by molar-refractivity contribution is -0.132. The Kier molecular flexibility index (Phi) is 4.09. The number of nitrogens with two attached hydrogens (primary N) is 1. The van der Waals surface area contributed by atoms with E-state index in [1.807, 2.05) is 31.2 Å². The van der Waals surface area contributed by atoms with Crippen LogP contribution in [0, 0.1) is 6.92 Å². The summed E-state index contributed by atoms with van der Waals surface area (Å²) >= 11 is 0. The Hall–Kier alpha value is -2.70. The molecule has 5 nitrogen and oxygen atoms in total. The molecule has 0 bridgehead atoms. The number of carbonyl (C=O) groups excluding carboxylic acids is 1. The highest BCUT2D eigenvalue weighted by molar-refractivity contribution is 7.89. The maximum absolute atomic E-state index is 12.0. The molecule has 2 aromatic carbocycles. The van der Waals surface area contributed by atoms with E-state index >= 15 is 0 Å². The van der Waals surface area contributed by atoms with Crippen molar-refractivity contribution < 1.29 is 17.9 Å². The molecule has 122 valence electrons. The minimum absolute atomic E-state index is 0.0176. The van der Waals surface area contributed by atoms with Crippen molar-refractivity contribution >= 4 is 21.6 Å². The molecule has 0 aliphatic carbocycles. The molecule has 0 fully saturated rings. The van der Waals surface area contributed by atoms with Crippen LogP contribution in [0.3, 0.4) is 0 Å². The number of hydrogen-bond acceptors (Lipinski definition) is 4. The molecule has 3 rings (SSSR count). The third kappa shape index (κ3) is 3.15. The molecule has 0 amide bonds. The summed E-state index contributed by atoms with van der Waals surface area (Å²) in [6.07, 6.45) is 2.94. The van der Waals surface area contributed by atoms with E-state index in [1.165, 1.54) is 18.4 Å². The monoisotopic (exact) mass is 341 g/mol. The average molecular weight is 341 g/mol. The first-order valence-electron chi connectivity index (χ1n) is 7.18. The third-order valence-electron chi connectivity index (χ3n) is 3.71. The Balaban J connectivity index is 2.18. The number of benzene rings is 2. The van der Waals surface area contributed by atoms with E-state index < -0.39 is 16.0 Å².